The van der Waals surface area contributed by atoms with E-state index in [0.29, 0.717) is 5.75 Å². The van der Waals surface area contributed by atoms with Crippen molar-refractivity contribution in [1.82, 2.24) is 10.8 Å². The normalized spacial score (nSPS) is 11.1. The largest absolute Gasteiger partial charge is 0.476 e. The fourth-order valence-corrected chi connectivity index (χ4v) is 2.20. The molecule has 0 aliphatic rings. The molecule has 5 nitrogen and oxygen atoms in total. The van der Waals surface area contributed by atoms with E-state index in [2.05, 4.69) is 22.9 Å². The molecule has 0 radical (unpaired) electrons. The second-order valence-corrected chi connectivity index (χ2v) is 5.23. The van der Waals surface area contributed by atoms with E-state index in [1.807, 2.05) is 42.5 Å². The Morgan fingerprint density at radius 2 is 1.83 bits per heavy atom. The van der Waals surface area contributed by atoms with Crippen molar-refractivity contribution in [2.45, 2.75) is 19.9 Å². The predicted octanol–water partition coefficient (Wildman–Crippen LogP) is 2.89. The van der Waals surface area contributed by atoms with Gasteiger partial charge in [0.1, 0.15) is 0 Å². The Morgan fingerprint density at radius 3 is 2.54 bits per heavy atom. The van der Waals surface area contributed by atoms with Gasteiger partial charge in [0.2, 0.25) is 0 Å². The third kappa shape index (κ3) is 5.44. The topological polar surface area (TPSA) is 70.6 Å². The van der Waals surface area contributed by atoms with E-state index >= 15 is 0 Å². The minimum atomic E-state index is -1.06. The van der Waals surface area contributed by atoms with Crippen LogP contribution in [0.1, 0.15) is 18.1 Å². The fourth-order valence-electron chi connectivity index (χ4n) is 2.20. The molecule has 24 heavy (non-hydrogen) atoms. The minimum absolute atomic E-state index is 0.00649. The van der Waals surface area contributed by atoms with Crippen LogP contribution in [0.2, 0.25) is 0 Å². The highest BCUT2D eigenvalue weighted by Crippen LogP contribution is 2.17. The highest BCUT2D eigenvalue weighted by Gasteiger charge is 2.08. The second kappa shape index (κ2) is 9.37. The lowest BCUT2D eigenvalue weighted by Gasteiger charge is -2.13. The minimum Gasteiger partial charge on any atom is -0.476 e. The van der Waals surface area contributed by atoms with Gasteiger partial charge in [-0.15, -0.1) is 0 Å². The number of hydrogen-bond acceptors (Lipinski definition) is 4. The van der Waals surface area contributed by atoms with Crippen molar-refractivity contribution < 1.29 is 14.7 Å². The molecule has 0 bridgehead atoms. The van der Waals surface area contributed by atoms with E-state index in [9.17, 15) is 4.79 Å². The number of aliphatic carboxylic acids is 1. The van der Waals surface area contributed by atoms with Crippen LogP contribution in [0, 0.1) is 0 Å². The lowest BCUT2D eigenvalue weighted by molar-refractivity contribution is -0.133. The van der Waals surface area contributed by atoms with E-state index in [1.54, 1.807) is 6.92 Å². The number of carboxylic acids is 1. The zero-order valence-corrected chi connectivity index (χ0v) is 13.7. The highest BCUT2D eigenvalue weighted by molar-refractivity contribution is 5.85. The first-order valence-electron chi connectivity index (χ1n) is 7.85. The zero-order valence-electron chi connectivity index (χ0n) is 13.7. The number of para-hydroxylation sites is 1. The van der Waals surface area contributed by atoms with Gasteiger partial charge in [-0.25, -0.2) is 10.3 Å². The lowest BCUT2D eigenvalue weighted by Crippen LogP contribution is -2.24. The maximum atomic E-state index is 11.0. The lowest BCUT2D eigenvalue weighted by atomic mass is 10.1. The maximum Gasteiger partial charge on any atom is 0.354 e. The van der Waals surface area contributed by atoms with Gasteiger partial charge in [-0.3, -0.25) is 0 Å². The molecule has 0 aromatic heterocycles. The number of allylic oxidation sites excluding steroid dienone is 1. The summed E-state index contributed by atoms with van der Waals surface area (Å²) in [5.74, 6) is -0.431. The SMILES string of the molecule is CC=C(NOc1ccccc1CCNCc1ccccc1)C(=O)O. The summed E-state index contributed by atoms with van der Waals surface area (Å²) in [5, 5.41) is 12.4. The van der Waals surface area contributed by atoms with Crippen molar-refractivity contribution >= 4 is 5.97 Å². The molecule has 5 heteroatoms. The van der Waals surface area contributed by atoms with Crippen molar-refractivity contribution in [1.29, 1.82) is 0 Å². The zero-order chi connectivity index (χ0) is 17.2. The van der Waals surface area contributed by atoms with E-state index in [-0.39, 0.29) is 5.70 Å². The first-order valence-corrected chi connectivity index (χ1v) is 7.85. The average molecular weight is 326 g/mol. The Labute approximate surface area is 141 Å². The molecule has 0 fully saturated rings. The Hall–Kier alpha value is -2.79. The van der Waals surface area contributed by atoms with Crippen LogP contribution in [0.3, 0.4) is 0 Å². The number of nitrogens with one attached hydrogen (secondary N) is 2. The molecule has 0 heterocycles. The number of hydrogen-bond donors (Lipinski definition) is 3. The molecule has 0 spiro atoms. The number of benzene rings is 2. The highest BCUT2D eigenvalue weighted by atomic mass is 16.6. The van der Waals surface area contributed by atoms with E-state index in [1.165, 1.54) is 11.6 Å². The summed E-state index contributed by atoms with van der Waals surface area (Å²) < 4.78 is 0. The summed E-state index contributed by atoms with van der Waals surface area (Å²) in [6.07, 6.45) is 2.23. The van der Waals surface area contributed by atoms with Gasteiger partial charge in [0.25, 0.3) is 0 Å². The molecule has 0 aliphatic carbocycles. The number of hydroxylamine groups is 1. The Morgan fingerprint density at radius 1 is 1.12 bits per heavy atom. The molecule has 2 rings (SSSR count). The standard InChI is InChI=1S/C19H22N2O3/c1-2-17(19(22)23)21-24-18-11-7-6-10-16(18)12-13-20-14-15-8-4-3-5-9-15/h2-11,20-21H,12-14H2,1H3,(H,22,23). The van der Waals surface area contributed by atoms with Crippen LogP contribution < -0.4 is 15.6 Å². The Kier molecular flexibility index (Phi) is 6.86. The van der Waals surface area contributed by atoms with Crippen molar-refractivity contribution in [2.75, 3.05) is 6.54 Å². The molecule has 0 saturated heterocycles. The molecular formula is C19H22N2O3. The summed E-state index contributed by atoms with van der Waals surface area (Å²) in [7, 11) is 0. The van der Waals surface area contributed by atoms with Gasteiger partial charge < -0.3 is 15.3 Å². The third-order valence-corrected chi connectivity index (χ3v) is 3.51. The summed E-state index contributed by atoms with van der Waals surface area (Å²) >= 11 is 0. The van der Waals surface area contributed by atoms with Gasteiger partial charge in [0.15, 0.2) is 11.4 Å². The van der Waals surface area contributed by atoms with Crippen molar-refractivity contribution in [3.8, 4) is 5.75 Å². The van der Waals surface area contributed by atoms with Crippen LogP contribution in [0.25, 0.3) is 0 Å². The number of carboxylic acid groups (broad SMARTS) is 1. The first kappa shape index (κ1) is 17.6. The van der Waals surface area contributed by atoms with Gasteiger partial charge in [0.05, 0.1) is 0 Å². The first-order chi connectivity index (χ1) is 11.7. The molecular weight excluding hydrogens is 304 g/mol. The van der Waals surface area contributed by atoms with Gasteiger partial charge in [-0.05, 0) is 37.1 Å². The van der Waals surface area contributed by atoms with Crippen LogP contribution in [-0.2, 0) is 17.8 Å². The molecule has 0 unspecified atom stereocenters. The summed E-state index contributed by atoms with van der Waals surface area (Å²) in [4.78, 5) is 16.4. The Balaban J connectivity index is 1.85. The quantitative estimate of drug-likeness (QED) is 0.375. The van der Waals surface area contributed by atoms with Crippen LogP contribution in [0.4, 0.5) is 0 Å². The summed E-state index contributed by atoms with van der Waals surface area (Å²) in [6, 6.07) is 17.8. The smallest absolute Gasteiger partial charge is 0.354 e. The molecule has 2 aromatic rings. The van der Waals surface area contributed by atoms with E-state index < -0.39 is 5.97 Å². The van der Waals surface area contributed by atoms with Gasteiger partial charge in [-0.1, -0.05) is 54.6 Å². The molecule has 3 N–H and O–H groups in total. The molecule has 0 saturated carbocycles. The molecule has 2 aromatic carbocycles. The number of rotatable bonds is 9. The second-order valence-electron chi connectivity index (χ2n) is 5.23. The van der Waals surface area contributed by atoms with Crippen LogP contribution >= 0.6 is 0 Å². The van der Waals surface area contributed by atoms with Crippen LogP contribution in [-0.4, -0.2) is 17.6 Å². The van der Waals surface area contributed by atoms with Gasteiger partial charge in [0, 0.05) is 6.54 Å². The molecule has 0 atom stereocenters. The van der Waals surface area contributed by atoms with Crippen molar-refractivity contribution in [2.24, 2.45) is 0 Å². The predicted molar refractivity (Wildman–Crippen MR) is 93.5 cm³/mol. The fraction of sp³-hybridized carbons (Fsp3) is 0.211. The van der Waals surface area contributed by atoms with Crippen molar-refractivity contribution in [3.63, 3.8) is 0 Å². The molecule has 0 amide bonds. The molecule has 126 valence electrons. The van der Waals surface area contributed by atoms with Crippen LogP contribution in [0.5, 0.6) is 5.75 Å². The number of carbonyl (C=O) groups is 1. The van der Waals surface area contributed by atoms with Crippen molar-refractivity contribution in [3.05, 3.63) is 77.5 Å². The Bertz CT molecular complexity index is 684. The summed E-state index contributed by atoms with van der Waals surface area (Å²) in [5.41, 5.74) is 4.73. The van der Waals surface area contributed by atoms with Gasteiger partial charge >= 0.3 is 5.97 Å². The summed E-state index contributed by atoms with van der Waals surface area (Å²) in [6.45, 7) is 3.24. The average Bonchev–Trinajstić information content (AvgIpc) is 2.61. The van der Waals surface area contributed by atoms with Crippen LogP contribution in [0.15, 0.2) is 66.4 Å². The molecule has 0 aliphatic heterocycles. The third-order valence-electron chi connectivity index (χ3n) is 3.51. The van der Waals surface area contributed by atoms with E-state index in [4.69, 9.17) is 9.94 Å². The van der Waals surface area contributed by atoms with Gasteiger partial charge in [-0.2, -0.15) is 0 Å². The maximum absolute atomic E-state index is 11.0. The monoisotopic (exact) mass is 326 g/mol. The van der Waals surface area contributed by atoms with E-state index in [0.717, 1.165) is 25.1 Å².